The van der Waals surface area contributed by atoms with Crippen LogP contribution in [0.5, 0.6) is 5.75 Å². The largest absolute Gasteiger partial charge is 0.494 e. The van der Waals surface area contributed by atoms with E-state index in [4.69, 9.17) is 4.74 Å². The maximum absolute atomic E-state index is 5.79. The van der Waals surface area contributed by atoms with Crippen LogP contribution in [0, 0.1) is 17.8 Å². The molecule has 1 nitrogen and oxygen atoms in total. The second-order valence-corrected chi connectivity index (χ2v) is 10.4. The van der Waals surface area contributed by atoms with Gasteiger partial charge in [-0.15, -0.1) is 0 Å². The van der Waals surface area contributed by atoms with Crippen LogP contribution in [0.25, 0.3) is 0 Å². The Morgan fingerprint density at radius 1 is 0.774 bits per heavy atom. The van der Waals surface area contributed by atoms with Crippen LogP contribution in [-0.4, -0.2) is 6.61 Å². The van der Waals surface area contributed by atoms with Crippen LogP contribution >= 0.6 is 0 Å². The van der Waals surface area contributed by atoms with Gasteiger partial charge in [-0.1, -0.05) is 89.0 Å². The second kappa shape index (κ2) is 14.0. The molecule has 0 spiro atoms. The normalized spacial score (nSPS) is 24.1. The second-order valence-electron chi connectivity index (χ2n) is 10.4. The standard InChI is InChI=1S/C30H48O/c1-3-5-7-8-9-25-12-18-28(19-13-25)29-20-14-26(15-21-29)10-11-27-16-22-30(23-17-27)31-24-6-4-2/h14,16-17,22-23,25,28-29H,3-13,15,18-21,24H2,1-2H3/t25-,28-,29?. The monoisotopic (exact) mass is 424 g/mol. The van der Waals surface area contributed by atoms with E-state index in [0.717, 1.165) is 36.5 Å². The summed E-state index contributed by atoms with van der Waals surface area (Å²) >= 11 is 0. The molecule has 1 aromatic rings. The summed E-state index contributed by atoms with van der Waals surface area (Å²) in [5.74, 6) is 4.06. The molecule has 1 aromatic carbocycles. The zero-order valence-corrected chi connectivity index (χ0v) is 20.5. The van der Waals surface area contributed by atoms with Crippen LogP contribution in [0.3, 0.4) is 0 Å². The summed E-state index contributed by atoms with van der Waals surface area (Å²) in [6.07, 6.45) is 24.8. The first-order valence-electron chi connectivity index (χ1n) is 13.7. The van der Waals surface area contributed by atoms with Gasteiger partial charge in [-0.25, -0.2) is 0 Å². The zero-order valence-electron chi connectivity index (χ0n) is 20.5. The minimum Gasteiger partial charge on any atom is -0.494 e. The number of unbranched alkanes of at least 4 members (excludes halogenated alkanes) is 4. The van der Waals surface area contributed by atoms with Gasteiger partial charge in [-0.2, -0.15) is 0 Å². The molecule has 2 aliphatic rings. The van der Waals surface area contributed by atoms with Crippen LogP contribution in [0.4, 0.5) is 0 Å². The molecular weight excluding hydrogens is 376 g/mol. The summed E-state index contributed by atoms with van der Waals surface area (Å²) in [7, 11) is 0. The van der Waals surface area contributed by atoms with Gasteiger partial charge in [0.15, 0.2) is 0 Å². The molecule has 0 aromatic heterocycles. The molecule has 0 bridgehead atoms. The highest BCUT2D eigenvalue weighted by molar-refractivity contribution is 5.28. The first-order valence-corrected chi connectivity index (χ1v) is 13.7. The number of rotatable bonds is 13. The third-order valence-electron chi connectivity index (χ3n) is 7.99. The Morgan fingerprint density at radius 3 is 2.23 bits per heavy atom. The van der Waals surface area contributed by atoms with Crippen LogP contribution in [0.2, 0.25) is 0 Å². The van der Waals surface area contributed by atoms with Gasteiger partial charge in [0.25, 0.3) is 0 Å². The Morgan fingerprint density at radius 2 is 1.55 bits per heavy atom. The Bertz CT molecular complexity index is 620. The van der Waals surface area contributed by atoms with E-state index in [-0.39, 0.29) is 0 Å². The number of benzene rings is 1. The van der Waals surface area contributed by atoms with E-state index in [1.165, 1.54) is 102 Å². The lowest BCUT2D eigenvalue weighted by Crippen LogP contribution is -2.23. The number of allylic oxidation sites excluding steroid dienone is 2. The molecule has 0 radical (unpaired) electrons. The predicted octanol–water partition coefficient (Wildman–Crippen LogP) is 9.30. The maximum Gasteiger partial charge on any atom is 0.119 e. The summed E-state index contributed by atoms with van der Waals surface area (Å²) in [4.78, 5) is 0. The quantitative estimate of drug-likeness (QED) is 0.226. The van der Waals surface area contributed by atoms with E-state index < -0.39 is 0 Å². The lowest BCUT2D eigenvalue weighted by Gasteiger charge is -2.35. The first-order chi connectivity index (χ1) is 15.3. The van der Waals surface area contributed by atoms with Crippen molar-refractivity contribution in [1.82, 2.24) is 0 Å². The number of ether oxygens (including phenoxy) is 1. The van der Waals surface area contributed by atoms with Crippen LogP contribution in [0.1, 0.15) is 116 Å². The number of hydrogen-bond acceptors (Lipinski definition) is 1. The number of hydrogen-bond donors (Lipinski definition) is 0. The van der Waals surface area contributed by atoms with E-state index >= 15 is 0 Å². The van der Waals surface area contributed by atoms with Crippen molar-refractivity contribution in [2.45, 2.75) is 117 Å². The van der Waals surface area contributed by atoms with E-state index in [1.807, 2.05) is 0 Å². The fourth-order valence-corrected chi connectivity index (χ4v) is 5.76. The molecule has 0 heterocycles. The molecule has 2 aliphatic carbocycles. The van der Waals surface area contributed by atoms with Gasteiger partial charge in [-0.3, -0.25) is 0 Å². The molecule has 1 heteroatoms. The van der Waals surface area contributed by atoms with Gasteiger partial charge >= 0.3 is 0 Å². The average molecular weight is 425 g/mol. The molecule has 3 rings (SSSR count). The molecule has 174 valence electrons. The fraction of sp³-hybridized carbons (Fsp3) is 0.733. The highest BCUT2D eigenvalue weighted by atomic mass is 16.5. The topological polar surface area (TPSA) is 9.23 Å². The highest BCUT2D eigenvalue weighted by Crippen LogP contribution is 2.41. The van der Waals surface area contributed by atoms with E-state index in [1.54, 1.807) is 5.57 Å². The van der Waals surface area contributed by atoms with Gasteiger partial charge in [0.2, 0.25) is 0 Å². The lowest BCUT2D eigenvalue weighted by molar-refractivity contribution is 0.185. The summed E-state index contributed by atoms with van der Waals surface area (Å²) in [5.41, 5.74) is 3.16. The molecule has 0 N–H and O–H groups in total. The summed E-state index contributed by atoms with van der Waals surface area (Å²) in [6, 6.07) is 8.81. The highest BCUT2D eigenvalue weighted by Gasteiger charge is 2.28. The van der Waals surface area contributed by atoms with Crippen molar-refractivity contribution in [2.75, 3.05) is 6.61 Å². The molecule has 1 fully saturated rings. The third-order valence-corrected chi connectivity index (χ3v) is 7.99. The van der Waals surface area contributed by atoms with Crippen molar-refractivity contribution in [3.8, 4) is 5.75 Å². The Hall–Kier alpha value is -1.24. The van der Waals surface area contributed by atoms with E-state index in [9.17, 15) is 0 Å². The van der Waals surface area contributed by atoms with Crippen LogP contribution in [0.15, 0.2) is 35.9 Å². The molecule has 0 aliphatic heterocycles. The van der Waals surface area contributed by atoms with Crippen molar-refractivity contribution in [3.63, 3.8) is 0 Å². The molecule has 1 saturated carbocycles. The van der Waals surface area contributed by atoms with Crippen molar-refractivity contribution >= 4 is 0 Å². The van der Waals surface area contributed by atoms with Gasteiger partial charge in [-0.05, 0) is 86.8 Å². The SMILES string of the molecule is CCCCCC[C@H]1CC[C@H](C2CC=C(CCc3ccc(OCCCC)cc3)CC2)CC1. The summed E-state index contributed by atoms with van der Waals surface area (Å²) < 4.78 is 5.79. The van der Waals surface area contributed by atoms with E-state index in [2.05, 4.69) is 44.2 Å². The smallest absolute Gasteiger partial charge is 0.119 e. The van der Waals surface area contributed by atoms with Crippen molar-refractivity contribution in [2.24, 2.45) is 17.8 Å². The summed E-state index contributed by atoms with van der Waals surface area (Å²) in [5, 5.41) is 0. The van der Waals surface area contributed by atoms with Crippen molar-refractivity contribution in [1.29, 1.82) is 0 Å². The van der Waals surface area contributed by atoms with E-state index in [0.29, 0.717) is 0 Å². The Balaban J connectivity index is 1.32. The molecule has 1 unspecified atom stereocenters. The summed E-state index contributed by atoms with van der Waals surface area (Å²) in [6.45, 7) is 5.36. The Kier molecular flexibility index (Phi) is 11.0. The minimum atomic E-state index is 0.838. The fourth-order valence-electron chi connectivity index (χ4n) is 5.76. The molecule has 0 saturated heterocycles. The van der Waals surface area contributed by atoms with Crippen LogP contribution in [-0.2, 0) is 6.42 Å². The number of aryl methyl sites for hydroxylation is 1. The third kappa shape index (κ3) is 8.66. The van der Waals surface area contributed by atoms with Gasteiger partial charge in [0.1, 0.15) is 5.75 Å². The molecular formula is C30H48O. The first kappa shape index (κ1) is 24.4. The lowest BCUT2D eigenvalue weighted by atomic mass is 9.70. The average Bonchev–Trinajstić information content (AvgIpc) is 2.82. The molecule has 31 heavy (non-hydrogen) atoms. The maximum atomic E-state index is 5.79. The Labute approximate surface area is 193 Å². The van der Waals surface area contributed by atoms with Crippen molar-refractivity contribution < 1.29 is 4.74 Å². The van der Waals surface area contributed by atoms with Gasteiger partial charge in [0, 0.05) is 0 Å². The molecule has 1 atom stereocenters. The predicted molar refractivity (Wildman–Crippen MR) is 135 cm³/mol. The minimum absolute atomic E-state index is 0.838. The van der Waals surface area contributed by atoms with Crippen LogP contribution < -0.4 is 4.74 Å². The van der Waals surface area contributed by atoms with Gasteiger partial charge in [0.05, 0.1) is 6.61 Å². The molecule has 0 amide bonds. The van der Waals surface area contributed by atoms with Gasteiger partial charge < -0.3 is 4.74 Å². The zero-order chi connectivity index (χ0) is 21.7. The van der Waals surface area contributed by atoms with Crippen molar-refractivity contribution in [3.05, 3.63) is 41.5 Å².